The van der Waals surface area contributed by atoms with Gasteiger partial charge in [0.1, 0.15) is 0 Å². The first-order valence-electron chi connectivity index (χ1n) is 6.75. The molecule has 1 heterocycles. The zero-order valence-corrected chi connectivity index (χ0v) is 10.1. The van der Waals surface area contributed by atoms with Crippen LogP contribution in [0, 0.1) is 17.8 Å². The van der Waals surface area contributed by atoms with E-state index in [1.807, 2.05) is 7.05 Å². The van der Waals surface area contributed by atoms with E-state index in [2.05, 4.69) is 10.2 Å². The summed E-state index contributed by atoms with van der Waals surface area (Å²) < 4.78 is 0. The molecule has 1 unspecified atom stereocenters. The average molecular weight is 222 g/mol. The van der Waals surface area contributed by atoms with Crippen molar-refractivity contribution in [3.05, 3.63) is 0 Å². The molecule has 3 fully saturated rings. The summed E-state index contributed by atoms with van der Waals surface area (Å²) >= 11 is 0. The van der Waals surface area contributed by atoms with Crippen LogP contribution >= 0.6 is 0 Å². The predicted octanol–water partition coefficient (Wildman–Crippen LogP) is 1.24. The lowest BCUT2D eigenvalue weighted by Crippen LogP contribution is -2.43. The summed E-state index contributed by atoms with van der Waals surface area (Å²) in [6, 6.07) is 0.577. The molecule has 2 saturated carbocycles. The Labute approximate surface area is 97.6 Å². The number of nitrogens with zero attached hydrogens (tertiary/aromatic N) is 1. The monoisotopic (exact) mass is 222 g/mol. The minimum atomic E-state index is 0.255. The second-order valence-corrected chi connectivity index (χ2v) is 5.80. The molecule has 0 aromatic rings. The predicted molar refractivity (Wildman–Crippen MR) is 63.0 cm³/mol. The Morgan fingerprint density at radius 2 is 1.81 bits per heavy atom. The summed E-state index contributed by atoms with van der Waals surface area (Å²) in [6.45, 7) is 1.91. The normalized spacial score (nSPS) is 29.8. The molecule has 3 heteroatoms. The van der Waals surface area contributed by atoms with Gasteiger partial charge in [-0.05, 0) is 50.5 Å². The number of amides is 1. The third kappa shape index (κ3) is 1.97. The quantitative estimate of drug-likeness (QED) is 0.776. The van der Waals surface area contributed by atoms with E-state index >= 15 is 0 Å². The van der Waals surface area contributed by atoms with Gasteiger partial charge in [0.15, 0.2) is 0 Å². The number of rotatable bonds is 4. The van der Waals surface area contributed by atoms with Crippen molar-refractivity contribution in [2.24, 2.45) is 17.8 Å². The van der Waals surface area contributed by atoms with E-state index in [1.165, 1.54) is 25.7 Å². The van der Waals surface area contributed by atoms with Crippen LogP contribution in [0.1, 0.15) is 32.1 Å². The largest absolute Gasteiger partial charge is 0.342 e. The van der Waals surface area contributed by atoms with Crippen LogP contribution in [0.2, 0.25) is 0 Å². The molecule has 16 heavy (non-hydrogen) atoms. The smallest absolute Gasteiger partial charge is 0.227 e. The summed E-state index contributed by atoms with van der Waals surface area (Å²) in [6.07, 6.45) is 6.43. The molecule has 3 rings (SSSR count). The molecule has 1 N–H and O–H groups in total. The van der Waals surface area contributed by atoms with Gasteiger partial charge in [0, 0.05) is 19.6 Å². The Bertz CT molecular complexity index is 266. The Morgan fingerprint density at radius 3 is 2.25 bits per heavy atom. The second kappa shape index (κ2) is 4.02. The van der Waals surface area contributed by atoms with E-state index in [-0.39, 0.29) is 5.92 Å². The minimum Gasteiger partial charge on any atom is -0.342 e. The maximum absolute atomic E-state index is 12.3. The molecule has 0 spiro atoms. The second-order valence-electron chi connectivity index (χ2n) is 5.80. The summed E-state index contributed by atoms with van der Waals surface area (Å²) in [4.78, 5) is 14.4. The molecule has 1 atom stereocenters. The SMILES string of the molecule is CN(C(=O)C1CCNC1)C(C1CC1)C1CC1. The van der Waals surface area contributed by atoms with E-state index < -0.39 is 0 Å². The first kappa shape index (κ1) is 10.6. The van der Waals surface area contributed by atoms with Gasteiger partial charge in [0.25, 0.3) is 0 Å². The maximum Gasteiger partial charge on any atom is 0.227 e. The van der Waals surface area contributed by atoms with Gasteiger partial charge in [-0.1, -0.05) is 0 Å². The first-order valence-corrected chi connectivity index (χ1v) is 6.75. The van der Waals surface area contributed by atoms with Gasteiger partial charge < -0.3 is 10.2 Å². The maximum atomic E-state index is 12.3. The van der Waals surface area contributed by atoms with Crippen molar-refractivity contribution in [3.8, 4) is 0 Å². The van der Waals surface area contributed by atoms with Gasteiger partial charge in [-0.2, -0.15) is 0 Å². The molecular formula is C13H22N2O. The van der Waals surface area contributed by atoms with Crippen LogP contribution in [0.25, 0.3) is 0 Å². The molecule has 3 aliphatic rings. The van der Waals surface area contributed by atoms with Crippen molar-refractivity contribution in [1.29, 1.82) is 0 Å². The van der Waals surface area contributed by atoms with Crippen molar-refractivity contribution in [3.63, 3.8) is 0 Å². The molecular weight excluding hydrogens is 200 g/mol. The van der Waals surface area contributed by atoms with Gasteiger partial charge in [-0.15, -0.1) is 0 Å². The lowest BCUT2D eigenvalue weighted by Gasteiger charge is -2.30. The van der Waals surface area contributed by atoms with Crippen LogP contribution in [0.3, 0.4) is 0 Å². The molecule has 0 bridgehead atoms. The molecule has 1 amide bonds. The summed E-state index contributed by atoms with van der Waals surface area (Å²) in [5, 5.41) is 3.29. The van der Waals surface area contributed by atoms with E-state index in [0.717, 1.165) is 31.3 Å². The molecule has 1 aliphatic heterocycles. The van der Waals surface area contributed by atoms with Crippen molar-refractivity contribution >= 4 is 5.91 Å². The Morgan fingerprint density at radius 1 is 1.19 bits per heavy atom. The minimum absolute atomic E-state index is 0.255. The standard InChI is InChI=1S/C13H22N2O/c1-15(13(16)11-6-7-14-8-11)12(9-2-3-9)10-4-5-10/h9-12,14H,2-8H2,1H3. The zero-order valence-electron chi connectivity index (χ0n) is 10.1. The molecule has 0 aromatic carbocycles. The van der Waals surface area contributed by atoms with Gasteiger partial charge in [-0.25, -0.2) is 0 Å². The molecule has 2 aliphatic carbocycles. The highest BCUT2D eigenvalue weighted by Crippen LogP contribution is 2.47. The fraction of sp³-hybridized carbons (Fsp3) is 0.923. The number of carbonyl (C=O) groups is 1. The first-order chi connectivity index (χ1) is 7.77. The zero-order chi connectivity index (χ0) is 11.1. The molecule has 1 saturated heterocycles. The van der Waals surface area contributed by atoms with Crippen LogP contribution in [-0.4, -0.2) is 37.0 Å². The average Bonchev–Trinajstić information content (AvgIpc) is 3.21. The number of hydrogen-bond donors (Lipinski definition) is 1. The van der Waals surface area contributed by atoms with Crippen LogP contribution in [-0.2, 0) is 4.79 Å². The van der Waals surface area contributed by atoms with Gasteiger partial charge in [0.2, 0.25) is 5.91 Å². The highest BCUT2D eigenvalue weighted by atomic mass is 16.2. The summed E-state index contributed by atoms with van der Waals surface area (Å²) in [5.74, 6) is 2.31. The number of nitrogens with one attached hydrogen (secondary N) is 1. The Hall–Kier alpha value is -0.570. The molecule has 0 radical (unpaired) electrons. The summed E-state index contributed by atoms with van der Waals surface area (Å²) in [7, 11) is 2.04. The van der Waals surface area contributed by atoms with E-state index in [1.54, 1.807) is 0 Å². The number of hydrogen-bond acceptors (Lipinski definition) is 2. The van der Waals surface area contributed by atoms with E-state index in [0.29, 0.717) is 11.9 Å². The molecule has 0 aromatic heterocycles. The number of carbonyl (C=O) groups excluding carboxylic acids is 1. The van der Waals surface area contributed by atoms with Crippen LogP contribution < -0.4 is 5.32 Å². The third-order valence-electron chi connectivity index (χ3n) is 4.41. The van der Waals surface area contributed by atoms with Crippen LogP contribution in [0.4, 0.5) is 0 Å². The van der Waals surface area contributed by atoms with Gasteiger partial charge in [0.05, 0.1) is 5.92 Å². The molecule has 90 valence electrons. The highest BCUT2D eigenvalue weighted by Gasteiger charge is 2.45. The molecule has 3 nitrogen and oxygen atoms in total. The fourth-order valence-electron chi connectivity index (χ4n) is 3.19. The summed E-state index contributed by atoms with van der Waals surface area (Å²) in [5.41, 5.74) is 0. The van der Waals surface area contributed by atoms with Gasteiger partial charge in [-0.3, -0.25) is 4.79 Å². The Balaban J connectivity index is 1.64. The van der Waals surface area contributed by atoms with Crippen molar-refractivity contribution in [1.82, 2.24) is 10.2 Å². The third-order valence-corrected chi connectivity index (χ3v) is 4.41. The lowest BCUT2D eigenvalue weighted by atomic mass is 10.0. The highest BCUT2D eigenvalue weighted by molar-refractivity contribution is 5.79. The van der Waals surface area contributed by atoms with Crippen LogP contribution in [0.15, 0.2) is 0 Å². The van der Waals surface area contributed by atoms with E-state index in [9.17, 15) is 4.79 Å². The fourth-order valence-corrected chi connectivity index (χ4v) is 3.19. The van der Waals surface area contributed by atoms with Crippen molar-refractivity contribution in [2.75, 3.05) is 20.1 Å². The Kier molecular flexibility index (Phi) is 2.66. The van der Waals surface area contributed by atoms with Crippen molar-refractivity contribution in [2.45, 2.75) is 38.1 Å². The lowest BCUT2D eigenvalue weighted by molar-refractivity contribution is -0.136. The van der Waals surface area contributed by atoms with Crippen LogP contribution in [0.5, 0.6) is 0 Å². The van der Waals surface area contributed by atoms with Gasteiger partial charge >= 0.3 is 0 Å². The van der Waals surface area contributed by atoms with Crippen molar-refractivity contribution < 1.29 is 4.79 Å². The van der Waals surface area contributed by atoms with E-state index in [4.69, 9.17) is 0 Å². The topological polar surface area (TPSA) is 32.3 Å².